The van der Waals surface area contributed by atoms with Crippen molar-refractivity contribution in [1.82, 2.24) is 10.6 Å². The highest BCUT2D eigenvalue weighted by Gasteiger charge is 2.04. The number of rotatable bonds is 16. The van der Waals surface area contributed by atoms with Gasteiger partial charge in [-0.05, 0) is 6.92 Å². The molecule has 0 bridgehead atoms. The molecule has 0 spiro atoms. The van der Waals surface area contributed by atoms with Gasteiger partial charge in [-0.3, -0.25) is 14.4 Å². The second-order valence-electron chi connectivity index (χ2n) is 4.68. The van der Waals surface area contributed by atoms with Gasteiger partial charge in [-0.25, -0.2) is 4.79 Å². The number of carbonyl (C=O) groups is 4. The van der Waals surface area contributed by atoms with E-state index >= 15 is 0 Å². The standard InChI is InChI=1S/C14H24N2O9/c1-11(17)6-22-2-3-23-7-12(18)15-10-16-13(19)8-24-4-5-25-9-14(20)21/h2-10H2,1H3,(H,15,18)(H,16,19)(H,20,21). The van der Waals surface area contributed by atoms with Crippen LogP contribution in [0.5, 0.6) is 0 Å². The van der Waals surface area contributed by atoms with Crippen molar-refractivity contribution in [3.8, 4) is 0 Å². The van der Waals surface area contributed by atoms with Crippen LogP contribution in [0.2, 0.25) is 0 Å². The van der Waals surface area contributed by atoms with Gasteiger partial charge in [0, 0.05) is 0 Å². The van der Waals surface area contributed by atoms with Crippen LogP contribution in [0, 0.1) is 0 Å². The SMILES string of the molecule is CC(=O)COCCOCC(=O)NCNC(=O)COCCOCC(=O)O. The lowest BCUT2D eigenvalue weighted by Crippen LogP contribution is -2.40. The maximum absolute atomic E-state index is 11.4. The number of hydrogen-bond acceptors (Lipinski definition) is 8. The van der Waals surface area contributed by atoms with Crippen molar-refractivity contribution >= 4 is 23.6 Å². The molecule has 0 fully saturated rings. The molecule has 144 valence electrons. The molecule has 0 saturated heterocycles. The van der Waals surface area contributed by atoms with Gasteiger partial charge in [-0.15, -0.1) is 0 Å². The first-order valence-corrected chi connectivity index (χ1v) is 7.47. The van der Waals surface area contributed by atoms with Crippen LogP contribution in [0.3, 0.4) is 0 Å². The van der Waals surface area contributed by atoms with Crippen molar-refractivity contribution in [2.45, 2.75) is 6.92 Å². The Labute approximate surface area is 144 Å². The molecule has 0 saturated carbocycles. The van der Waals surface area contributed by atoms with E-state index < -0.39 is 24.4 Å². The Bertz CT molecular complexity index is 391. The Morgan fingerprint density at radius 2 is 1.12 bits per heavy atom. The van der Waals surface area contributed by atoms with Crippen LogP contribution in [0.4, 0.5) is 0 Å². The summed E-state index contributed by atoms with van der Waals surface area (Å²) in [4.78, 5) is 43.5. The highest BCUT2D eigenvalue weighted by atomic mass is 16.5. The molecule has 0 atom stereocenters. The zero-order valence-electron chi connectivity index (χ0n) is 14.1. The number of ether oxygens (including phenoxy) is 4. The van der Waals surface area contributed by atoms with E-state index in [-0.39, 0.29) is 58.7 Å². The Hall–Kier alpha value is -2.08. The number of ketones is 1. The lowest BCUT2D eigenvalue weighted by molar-refractivity contribution is -0.143. The number of amides is 2. The number of carboxylic acid groups (broad SMARTS) is 1. The molecule has 0 radical (unpaired) electrons. The zero-order chi connectivity index (χ0) is 18.9. The summed E-state index contributed by atoms with van der Waals surface area (Å²) >= 11 is 0. The molecule has 0 heterocycles. The summed E-state index contributed by atoms with van der Waals surface area (Å²) in [6.45, 7) is 0.981. The van der Waals surface area contributed by atoms with Crippen molar-refractivity contribution in [2.24, 2.45) is 0 Å². The molecule has 11 nitrogen and oxygen atoms in total. The second kappa shape index (κ2) is 15.4. The lowest BCUT2D eigenvalue weighted by Gasteiger charge is -2.08. The Morgan fingerprint density at radius 3 is 1.52 bits per heavy atom. The van der Waals surface area contributed by atoms with Gasteiger partial charge in [-0.1, -0.05) is 0 Å². The summed E-state index contributed by atoms with van der Waals surface area (Å²) < 4.78 is 19.6. The van der Waals surface area contributed by atoms with Gasteiger partial charge in [0.05, 0.1) is 33.1 Å². The first-order valence-electron chi connectivity index (χ1n) is 7.47. The summed E-state index contributed by atoms with van der Waals surface area (Å²) in [7, 11) is 0. The van der Waals surface area contributed by atoms with Gasteiger partial charge in [-0.2, -0.15) is 0 Å². The van der Waals surface area contributed by atoms with Gasteiger partial charge in [0.15, 0.2) is 5.78 Å². The summed E-state index contributed by atoms with van der Waals surface area (Å²) in [5.74, 6) is -2.04. The van der Waals surface area contributed by atoms with E-state index in [1.807, 2.05) is 0 Å². The van der Waals surface area contributed by atoms with E-state index in [1.165, 1.54) is 6.92 Å². The molecule has 0 aliphatic heterocycles. The van der Waals surface area contributed by atoms with E-state index in [0.29, 0.717) is 0 Å². The lowest BCUT2D eigenvalue weighted by atomic mass is 10.5. The predicted octanol–water partition coefficient (Wildman–Crippen LogP) is -2.08. The van der Waals surface area contributed by atoms with Gasteiger partial charge in [0.1, 0.15) is 26.4 Å². The third kappa shape index (κ3) is 18.1. The molecule has 0 aromatic heterocycles. The Morgan fingerprint density at radius 1 is 0.720 bits per heavy atom. The number of Topliss-reactive ketones (excluding diaryl/α,β-unsaturated/α-hetero) is 1. The summed E-state index contributed by atoms with van der Waals surface area (Å²) in [5.41, 5.74) is 0. The quantitative estimate of drug-likeness (QED) is 0.207. The molecule has 0 rings (SSSR count). The minimum Gasteiger partial charge on any atom is -0.480 e. The summed E-state index contributed by atoms with van der Waals surface area (Å²) in [5, 5.41) is 13.1. The molecular weight excluding hydrogens is 340 g/mol. The fourth-order valence-electron chi connectivity index (χ4n) is 1.28. The minimum atomic E-state index is -1.08. The molecule has 0 aliphatic carbocycles. The van der Waals surface area contributed by atoms with Gasteiger partial charge < -0.3 is 34.7 Å². The molecule has 11 heteroatoms. The molecule has 0 aromatic rings. The fourth-order valence-corrected chi connectivity index (χ4v) is 1.28. The molecule has 0 unspecified atom stereocenters. The number of hydrogen-bond donors (Lipinski definition) is 3. The maximum atomic E-state index is 11.4. The highest BCUT2D eigenvalue weighted by molar-refractivity contribution is 5.79. The van der Waals surface area contributed by atoms with Crippen molar-refractivity contribution in [2.75, 3.05) is 59.5 Å². The first kappa shape index (κ1) is 22.9. The molecule has 0 aromatic carbocycles. The van der Waals surface area contributed by atoms with Crippen LogP contribution in [-0.4, -0.2) is 88.2 Å². The van der Waals surface area contributed by atoms with E-state index in [2.05, 4.69) is 10.6 Å². The minimum absolute atomic E-state index is 0.00927. The van der Waals surface area contributed by atoms with Crippen LogP contribution >= 0.6 is 0 Å². The molecule has 0 aliphatic rings. The number of nitrogens with one attached hydrogen (secondary N) is 2. The van der Waals surface area contributed by atoms with Gasteiger partial charge >= 0.3 is 5.97 Å². The zero-order valence-corrected chi connectivity index (χ0v) is 14.1. The molecule has 25 heavy (non-hydrogen) atoms. The van der Waals surface area contributed by atoms with Crippen LogP contribution in [-0.2, 0) is 38.1 Å². The second-order valence-corrected chi connectivity index (χ2v) is 4.68. The predicted molar refractivity (Wildman–Crippen MR) is 82.7 cm³/mol. The van der Waals surface area contributed by atoms with E-state index in [0.717, 1.165) is 0 Å². The van der Waals surface area contributed by atoms with Crippen LogP contribution < -0.4 is 10.6 Å². The smallest absolute Gasteiger partial charge is 0.329 e. The van der Waals surface area contributed by atoms with Gasteiger partial charge in [0.2, 0.25) is 11.8 Å². The number of carbonyl (C=O) groups excluding carboxylic acids is 3. The fraction of sp³-hybridized carbons (Fsp3) is 0.714. The van der Waals surface area contributed by atoms with Crippen molar-refractivity contribution in [3.63, 3.8) is 0 Å². The van der Waals surface area contributed by atoms with Crippen molar-refractivity contribution < 1.29 is 43.2 Å². The maximum Gasteiger partial charge on any atom is 0.329 e. The van der Waals surface area contributed by atoms with E-state index in [1.54, 1.807) is 0 Å². The normalized spacial score (nSPS) is 10.3. The topological polar surface area (TPSA) is 149 Å². The summed E-state index contributed by atoms with van der Waals surface area (Å²) in [6, 6.07) is 0. The van der Waals surface area contributed by atoms with Crippen LogP contribution in [0.25, 0.3) is 0 Å². The molecular formula is C14H24N2O9. The van der Waals surface area contributed by atoms with E-state index in [9.17, 15) is 19.2 Å². The third-order valence-electron chi connectivity index (χ3n) is 2.31. The van der Waals surface area contributed by atoms with Crippen molar-refractivity contribution in [1.29, 1.82) is 0 Å². The number of aliphatic carboxylic acids is 1. The highest BCUT2D eigenvalue weighted by Crippen LogP contribution is 1.81. The van der Waals surface area contributed by atoms with Crippen LogP contribution in [0.1, 0.15) is 6.92 Å². The van der Waals surface area contributed by atoms with Crippen molar-refractivity contribution in [3.05, 3.63) is 0 Å². The Balaban J connectivity index is 3.41. The monoisotopic (exact) mass is 364 g/mol. The third-order valence-corrected chi connectivity index (χ3v) is 2.31. The Kier molecular flexibility index (Phi) is 14.2. The first-order chi connectivity index (χ1) is 11.9. The van der Waals surface area contributed by atoms with Crippen LogP contribution in [0.15, 0.2) is 0 Å². The molecule has 3 N–H and O–H groups in total. The summed E-state index contributed by atoms with van der Waals surface area (Å²) in [6.07, 6.45) is 0. The molecule has 2 amide bonds. The van der Waals surface area contributed by atoms with Gasteiger partial charge in [0.25, 0.3) is 0 Å². The number of carboxylic acids is 1. The van der Waals surface area contributed by atoms with E-state index in [4.69, 9.17) is 24.1 Å². The average Bonchev–Trinajstić information content (AvgIpc) is 2.53. The average molecular weight is 364 g/mol. The largest absolute Gasteiger partial charge is 0.480 e.